The van der Waals surface area contributed by atoms with Crippen LogP contribution in [0.15, 0.2) is 46.8 Å². The van der Waals surface area contributed by atoms with E-state index in [9.17, 15) is 22.8 Å². The number of carbonyl (C=O) groups is 2. The van der Waals surface area contributed by atoms with Crippen LogP contribution in [-0.4, -0.2) is 35.0 Å². The normalized spacial score (nSPS) is 12.2. The molecule has 1 aromatic heterocycles. The van der Waals surface area contributed by atoms with Gasteiger partial charge in [0.05, 0.1) is 16.0 Å². The van der Waals surface area contributed by atoms with Gasteiger partial charge < -0.3 is 10.6 Å². The van der Waals surface area contributed by atoms with Crippen LogP contribution in [0.1, 0.15) is 12.5 Å². The minimum absolute atomic E-state index is 0.197. The maximum atomic E-state index is 13.1. The Bertz CT molecular complexity index is 1040. The number of thioether (sulfide) groups is 1. The molecule has 10 heteroatoms. The lowest BCUT2D eigenvalue weighted by Crippen LogP contribution is -2.44. The molecule has 2 aromatic carbocycles. The molecule has 0 saturated heterocycles. The van der Waals surface area contributed by atoms with Gasteiger partial charge in [0.15, 0.2) is 4.34 Å². The molecular formula is C20H18F3N3O2S2. The highest BCUT2D eigenvalue weighted by molar-refractivity contribution is 8.01. The van der Waals surface area contributed by atoms with Crippen molar-refractivity contribution < 1.29 is 22.8 Å². The summed E-state index contributed by atoms with van der Waals surface area (Å²) >= 11 is 2.25. The number of halogens is 3. The Morgan fingerprint density at radius 3 is 2.57 bits per heavy atom. The second kappa shape index (κ2) is 9.94. The van der Waals surface area contributed by atoms with Crippen LogP contribution in [0.2, 0.25) is 0 Å². The van der Waals surface area contributed by atoms with Crippen molar-refractivity contribution in [1.29, 1.82) is 0 Å². The summed E-state index contributed by atoms with van der Waals surface area (Å²) in [4.78, 5) is 28.6. The molecule has 3 rings (SSSR count). The molecule has 0 radical (unpaired) electrons. The number of hydrogen-bond acceptors (Lipinski definition) is 5. The molecule has 0 spiro atoms. The smallest absolute Gasteiger partial charge is 0.248 e. The van der Waals surface area contributed by atoms with Crippen LogP contribution in [0, 0.1) is 5.82 Å². The number of anilines is 1. The molecule has 0 aliphatic carbocycles. The molecule has 1 atom stereocenters. The predicted molar refractivity (Wildman–Crippen MR) is 113 cm³/mol. The Morgan fingerprint density at radius 2 is 1.90 bits per heavy atom. The van der Waals surface area contributed by atoms with Crippen LogP contribution >= 0.6 is 23.1 Å². The average molecular weight is 454 g/mol. The van der Waals surface area contributed by atoms with Gasteiger partial charge in [0.25, 0.3) is 0 Å². The lowest BCUT2D eigenvalue weighted by molar-refractivity contribution is -0.125. The third kappa shape index (κ3) is 6.20. The quantitative estimate of drug-likeness (QED) is 0.494. The van der Waals surface area contributed by atoms with Gasteiger partial charge in [-0.05, 0) is 35.9 Å². The minimum atomic E-state index is -2.41. The summed E-state index contributed by atoms with van der Waals surface area (Å²) in [5, 5.41) is 5.36. The highest BCUT2D eigenvalue weighted by Crippen LogP contribution is 2.32. The van der Waals surface area contributed by atoms with Crippen LogP contribution < -0.4 is 10.6 Å². The third-order valence-corrected chi connectivity index (χ3v) is 6.19. The Morgan fingerprint density at radius 1 is 1.17 bits per heavy atom. The molecule has 2 amide bonds. The molecule has 30 heavy (non-hydrogen) atoms. The SMILES string of the molecule is CC(=O)NC(Cc1ccc(F)cc1)C(=O)Nc1ccc2nc(SCC(F)F)sc2c1. The van der Waals surface area contributed by atoms with Gasteiger partial charge in [-0.1, -0.05) is 23.9 Å². The fraction of sp³-hybridized carbons (Fsp3) is 0.250. The third-order valence-electron chi connectivity index (χ3n) is 4.02. The van der Waals surface area contributed by atoms with Gasteiger partial charge in [-0.3, -0.25) is 9.59 Å². The van der Waals surface area contributed by atoms with E-state index < -0.39 is 18.4 Å². The van der Waals surface area contributed by atoms with E-state index in [2.05, 4.69) is 15.6 Å². The largest absolute Gasteiger partial charge is 0.344 e. The van der Waals surface area contributed by atoms with Gasteiger partial charge in [-0.2, -0.15) is 0 Å². The molecular weight excluding hydrogens is 435 g/mol. The van der Waals surface area contributed by atoms with E-state index in [1.54, 1.807) is 30.3 Å². The predicted octanol–water partition coefficient (Wildman–Crippen LogP) is 4.48. The molecule has 158 valence electrons. The summed E-state index contributed by atoms with van der Waals surface area (Å²) < 4.78 is 39.2. The molecule has 2 N–H and O–H groups in total. The van der Waals surface area contributed by atoms with Crippen molar-refractivity contribution in [3.63, 3.8) is 0 Å². The van der Waals surface area contributed by atoms with Crippen molar-refractivity contribution in [3.8, 4) is 0 Å². The van der Waals surface area contributed by atoms with Crippen molar-refractivity contribution >= 4 is 50.8 Å². The Kier molecular flexibility index (Phi) is 7.33. The maximum Gasteiger partial charge on any atom is 0.248 e. The van der Waals surface area contributed by atoms with E-state index in [4.69, 9.17) is 0 Å². The van der Waals surface area contributed by atoms with Crippen molar-refractivity contribution in [2.75, 3.05) is 11.1 Å². The Balaban J connectivity index is 1.72. The number of rotatable bonds is 8. The fourth-order valence-electron chi connectivity index (χ4n) is 2.72. The van der Waals surface area contributed by atoms with Crippen molar-refractivity contribution in [1.82, 2.24) is 10.3 Å². The number of nitrogens with zero attached hydrogens (tertiary/aromatic N) is 1. The van der Waals surface area contributed by atoms with E-state index in [0.29, 0.717) is 21.1 Å². The number of hydrogen-bond donors (Lipinski definition) is 2. The summed E-state index contributed by atoms with van der Waals surface area (Å²) in [6, 6.07) is 9.91. The van der Waals surface area contributed by atoms with E-state index in [1.165, 1.54) is 30.4 Å². The number of nitrogens with one attached hydrogen (secondary N) is 2. The number of thiazole rings is 1. The van der Waals surface area contributed by atoms with Crippen molar-refractivity contribution in [2.45, 2.75) is 30.2 Å². The molecule has 0 bridgehead atoms. The number of amides is 2. The van der Waals surface area contributed by atoms with E-state index in [-0.39, 0.29) is 23.9 Å². The zero-order chi connectivity index (χ0) is 21.7. The van der Waals surface area contributed by atoms with Crippen LogP contribution in [0.4, 0.5) is 18.9 Å². The van der Waals surface area contributed by atoms with E-state index in [0.717, 1.165) is 16.5 Å². The molecule has 0 aliphatic heterocycles. The summed E-state index contributed by atoms with van der Waals surface area (Å²) in [5.41, 5.74) is 1.85. The van der Waals surface area contributed by atoms with Gasteiger partial charge in [0.1, 0.15) is 11.9 Å². The van der Waals surface area contributed by atoms with E-state index in [1.807, 2.05) is 0 Å². The molecule has 0 saturated carbocycles. The van der Waals surface area contributed by atoms with Gasteiger partial charge in [0, 0.05) is 19.0 Å². The Hall–Kier alpha value is -2.59. The lowest BCUT2D eigenvalue weighted by Gasteiger charge is -2.18. The number of benzene rings is 2. The standard InChI is InChI=1S/C20H18F3N3O2S2/c1-11(27)24-16(8-12-2-4-13(21)5-3-12)19(28)25-14-6-7-15-17(9-14)30-20(26-15)29-10-18(22)23/h2-7,9,16,18H,8,10H2,1H3,(H,24,27)(H,25,28). The van der Waals surface area contributed by atoms with Crippen molar-refractivity contribution in [3.05, 3.63) is 53.8 Å². The van der Waals surface area contributed by atoms with Gasteiger partial charge >= 0.3 is 0 Å². The second-order valence-electron chi connectivity index (χ2n) is 6.44. The molecule has 0 aliphatic rings. The zero-order valence-corrected chi connectivity index (χ0v) is 17.5. The first kappa shape index (κ1) is 22.1. The molecule has 0 fully saturated rings. The summed E-state index contributed by atoms with van der Waals surface area (Å²) in [5.74, 6) is -1.50. The highest BCUT2D eigenvalue weighted by atomic mass is 32.2. The number of carbonyl (C=O) groups excluding carboxylic acids is 2. The molecule has 1 unspecified atom stereocenters. The number of aromatic nitrogens is 1. The maximum absolute atomic E-state index is 13.1. The second-order valence-corrected chi connectivity index (χ2v) is 8.74. The summed E-state index contributed by atoms with van der Waals surface area (Å²) in [7, 11) is 0. The van der Waals surface area contributed by atoms with Crippen LogP contribution in [0.5, 0.6) is 0 Å². The fourth-order valence-corrected chi connectivity index (χ4v) is 4.59. The average Bonchev–Trinajstić information content (AvgIpc) is 3.09. The van der Waals surface area contributed by atoms with Crippen LogP contribution in [0.3, 0.4) is 0 Å². The van der Waals surface area contributed by atoms with Gasteiger partial charge in [0.2, 0.25) is 18.2 Å². The lowest BCUT2D eigenvalue weighted by atomic mass is 10.0. The first-order valence-electron chi connectivity index (χ1n) is 8.94. The first-order valence-corrected chi connectivity index (χ1v) is 10.7. The number of fused-ring (bicyclic) bond motifs is 1. The monoisotopic (exact) mass is 453 g/mol. The summed E-state index contributed by atoms with van der Waals surface area (Å²) in [6.45, 7) is 1.31. The van der Waals surface area contributed by atoms with Crippen LogP contribution in [0.25, 0.3) is 10.2 Å². The zero-order valence-electron chi connectivity index (χ0n) is 15.8. The van der Waals surface area contributed by atoms with Gasteiger partial charge in [-0.15, -0.1) is 11.3 Å². The van der Waals surface area contributed by atoms with Gasteiger partial charge in [-0.25, -0.2) is 18.2 Å². The van der Waals surface area contributed by atoms with E-state index >= 15 is 0 Å². The molecule has 1 heterocycles. The molecule has 5 nitrogen and oxygen atoms in total. The topological polar surface area (TPSA) is 71.1 Å². The Labute approximate surface area is 179 Å². The summed E-state index contributed by atoms with van der Waals surface area (Å²) in [6.07, 6.45) is -2.22. The highest BCUT2D eigenvalue weighted by Gasteiger charge is 2.20. The van der Waals surface area contributed by atoms with Crippen molar-refractivity contribution in [2.24, 2.45) is 0 Å². The molecule has 3 aromatic rings. The van der Waals surface area contributed by atoms with Crippen LogP contribution in [-0.2, 0) is 16.0 Å². The first-order chi connectivity index (χ1) is 14.3. The number of alkyl halides is 2. The minimum Gasteiger partial charge on any atom is -0.344 e.